The molecule has 5 heteroatoms. The summed E-state index contributed by atoms with van der Waals surface area (Å²) in [5, 5.41) is 2.94. The Bertz CT molecular complexity index is 485. The van der Waals surface area contributed by atoms with Crippen molar-refractivity contribution in [3.8, 4) is 0 Å². The molecule has 0 bridgehead atoms. The van der Waals surface area contributed by atoms with Crippen LogP contribution in [-0.4, -0.2) is 25.7 Å². The van der Waals surface area contributed by atoms with Crippen molar-refractivity contribution in [1.82, 2.24) is 0 Å². The van der Waals surface area contributed by atoms with E-state index in [2.05, 4.69) is 5.32 Å². The van der Waals surface area contributed by atoms with Crippen molar-refractivity contribution < 1.29 is 14.3 Å². The van der Waals surface area contributed by atoms with Gasteiger partial charge in [-0.1, -0.05) is 18.6 Å². The number of anilines is 1. The molecule has 2 fully saturated rings. The van der Waals surface area contributed by atoms with E-state index in [1.807, 2.05) is 24.3 Å². The van der Waals surface area contributed by atoms with Crippen molar-refractivity contribution >= 4 is 11.6 Å². The Balaban J connectivity index is 1.56. The van der Waals surface area contributed by atoms with Gasteiger partial charge < -0.3 is 20.5 Å². The van der Waals surface area contributed by atoms with Gasteiger partial charge in [-0.05, 0) is 36.9 Å². The van der Waals surface area contributed by atoms with Crippen LogP contribution in [0.1, 0.15) is 37.5 Å². The van der Waals surface area contributed by atoms with Gasteiger partial charge in [0.15, 0.2) is 6.29 Å². The van der Waals surface area contributed by atoms with Gasteiger partial charge in [-0.2, -0.15) is 0 Å². The standard InChI is InChI=1S/C16H22N2O3/c17-11-16(6-1-7-16)10-14(19)18-13-4-2-12(3-5-13)15-20-8-9-21-15/h2-5,15H,1,6-11,17H2,(H,18,19). The summed E-state index contributed by atoms with van der Waals surface area (Å²) in [5.74, 6) is 0.0428. The maximum absolute atomic E-state index is 12.1. The third-order valence-corrected chi connectivity index (χ3v) is 4.47. The topological polar surface area (TPSA) is 73.6 Å². The molecule has 0 aromatic heterocycles. The minimum Gasteiger partial charge on any atom is -0.346 e. The number of nitrogens with two attached hydrogens (primary N) is 1. The Morgan fingerprint density at radius 3 is 2.43 bits per heavy atom. The number of rotatable bonds is 5. The summed E-state index contributed by atoms with van der Waals surface area (Å²) in [4.78, 5) is 12.1. The lowest BCUT2D eigenvalue weighted by atomic mass is 9.66. The molecule has 0 atom stereocenters. The first kappa shape index (κ1) is 14.5. The fraction of sp³-hybridized carbons (Fsp3) is 0.562. The number of carbonyl (C=O) groups is 1. The van der Waals surface area contributed by atoms with E-state index in [4.69, 9.17) is 15.2 Å². The highest BCUT2D eigenvalue weighted by molar-refractivity contribution is 5.91. The first-order chi connectivity index (χ1) is 10.2. The molecule has 3 N–H and O–H groups in total. The molecule has 0 unspecified atom stereocenters. The zero-order valence-electron chi connectivity index (χ0n) is 12.1. The number of hydrogen-bond acceptors (Lipinski definition) is 4. The van der Waals surface area contributed by atoms with Crippen molar-refractivity contribution in [2.24, 2.45) is 11.1 Å². The molecule has 5 nitrogen and oxygen atoms in total. The summed E-state index contributed by atoms with van der Waals surface area (Å²) in [7, 11) is 0. The van der Waals surface area contributed by atoms with Crippen LogP contribution in [0.2, 0.25) is 0 Å². The molecule has 114 valence electrons. The molecule has 21 heavy (non-hydrogen) atoms. The number of ether oxygens (including phenoxy) is 2. The van der Waals surface area contributed by atoms with Gasteiger partial charge in [-0.25, -0.2) is 0 Å². The highest BCUT2D eigenvalue weighted by Gasteiger charge is 2.37. The molecule has 1 amide bonds. The number of hydrogen-bond donors (Lipinski definition) is 2. The van der Waals surface area contributed by atoms with Crippen LogP contribution in [0.5, 0.6) is 0 Å². The van der Waals surface area contributed by atoms with Crippen LogP contribution in [0.4, 0.5) is 5.69 Å². The third-order valence-electron chi connectivity index (χ3n) is 4.47. The maximum Gasteiger partial charge on any atom is 0.224 e. The average Bonchev–Trinajstić information content (AvgIpc) is 2.98. The number of carbonyl (C=O) groups excluding carboxylic acids is 1. The quantitative estimate of drug-likeness (QED) is 0.872. The van der Waals surface area contributed by atoms with E-state index in [0.29, 0.717) is 26.2 Å². The lowest BCUT2D eigenvalue weighted by Gasteiger charge is -2.40. The van der Waals surface area contributed by atoms with Gasteiger partial charge >= 0.3 is 0 Å². The lowest BCUT2D eigenvalue weighted by Crippen LogP contribution is -2.40. The Morgan fingerprint density at radius 1 is 1.24 bits per heavy atom. The molecular formula is C16H22N2O3. The summed E-state index contributed by atoms with van der Waals surface area (Å²) in [6, 6.07) is 7.61. The Hall–Kier alpha value is -1.43. The second kappa shape index (κ2) is 6.13. The van der Waals surface area contributed by atoms with Crippen LogP contribution in [0, 0.1) is 5.41 Å². The molecular weight excluding hydrogens is 268 g/mol. The maximum atomic E-state index is 12.1. The number of benzene rings is 1. The van der Waals surface area contributed by atoms with Gasteiger partial charge in [-0.3, -0.25) is 4.79 Å². The average molecular weight is 290 g/mol. The predicted molar refractivity (Wildman–Crippen MR) is 79.7 cm³/mol. The molecule has 1 aromatic rings. The molecule has 1 aromatic carbocycles. The van der Waals surface area contributed by atoms with Gasteiger partial charge in [0.1, 0.15) is 0 Å². The van der Waals surface area contributed by atoms with Crippen LogP contribution < -0.4 is 11.1 Å². The molecule has 1 heterocycles. The second-order valence-corrected chi connectivity index (χ2v) is 5.98. The monoisotopic (exact) mass is 290 g/mol. The lowest BCUT2D eigenvalue weighted by molar-refractivity contribution is -0.119. The largest absolute Gasteiger partial charge is 0.346 e. The molecule has 0 radical (unpaired) electrons. The summed E-state index contributed by atoms with van der Waals surface area (Å²) < 4.78 is 10.9. The predicted octanol–water partition coefficient (Wildman–Crippen LogP) is 2.19. The third kappa shape index (κ3) is 3.26. The fourth-order valence-corrected chi connectivity index (χ4v) is 2.95. The summed E-state index contributed by atoms with van der Waals surface area (Å²) in [6.07, 6.45) is 3.55. The van der Waals surface area contributed by atoms with E-state index < -0.39 is 0 Å². The Morgan fingerprint density at radius 2 is 1.90 bits per heavy atom. The highest BCUT2D eigenvalue weighted by Crippen LogP contribution is 2.43. The van der Waals surface area contributed by atoms with Gasteiger partial charge in [0.25, 0.3) is 0 Å². The molecule has 1 saturated heterocycles. The first-order valence-corrected chi connectivity index (χ1v) is 7.54. The zero-order chi connectivity index (χ0) is 14.7. The summed E-state index contributed by atoms with van der Waals surface area (Å²) in [5.41, 5.74) is 7.60. The van der Waals surface area contributed by atoms with Crippen LogP contribution in [-0.2, 0) is 14.3 Å². The molecule has 3 rings (SSSR count). The van der Waals surface area contributed by atoms with E-state index in [1.165, 1.54) is 6.42 Å². The SMILES string of the molecule is NCC1(CC(=O)Nc2ccc(C3OCCO3)cc2)CCC1. The van der Waals surface area contributed by atoms with Crippen LogP contribution in [0.3, 0.4) is 0 Å². The second-order valence-electron chi connectivity index (χ2n) is 5.98. The van der Waals surface area contributed by atoms with Crippen LogP contribution >= 0.6 is 0 Å². The van der Waals surface area contributed by atoms with Crippen molar-refractivity contribution in [2.45, 2.75) is 32.0 Å². The van der Waals surface area contributed by atoms with E-state index in [9.17, 15) is 4.79 Å². The van der Waals surface area contributed by atoms with Gasteiger partial charge in [-0.15, -0.1) is 0 Å². The van der Waals surface area contributed by atoms with E-state index in [-0.39, 0.29) is 17.6 Å². The summed E-state index contributed by atoms with van der Waals surface area (Å²) >= 11 is 0. The van der Waals surface area contributed by atoms with E-state index in [0.717, 1.165) is 24.1 Å². The van der Waals surface area contributed by atoms with Crippen molar-refractivity contribution in [1.29, 1.82) is 0 Å². The van der Waals surface area contributed by atoms with Crippen molar-refractivity contribution in [2.75, 3.05) is 25.1 Å². The van der Waals surface area contributed by atoms with Gasteiger partial charge in [0, 0.05) is 17.7 Å². The minimum absolute atomic E-state index is 0.0373. The summed E-state index contributed by atoms with van der Waals surface area (Å²) in [6.45, 7) is 1.85. The highest BCUT2D eigenvalue weighted by atomic mass is 16.7. The van der Waals surface area contributed by atoms with Gasteiger partial charge in [0.2, 0.25) is 5.91 Å². The van der Waals surface area contributed by atoms with E-state index >= 15 is 0 Å². The molecule has 0 spiro atoms. The first-order valence-electron chi connectivity index (χ1n) is 7.54. The van der Waals surface area contributed by atoms with Crippen molar-refractivity contribution in [3.63, 3.8) is 0 Å². The van der Waals surface area contributed by atoms with E-state index in [1.54, 1.807) is 0 Å². The minimum atomic E-state index is -0.273. The zero-order valence-corrected chi connectivity index (χ0v) is 12.1. The molecule has 1 saturated carbocycles. The van der Waals surface area contributed by atoms with Gasteiger partial charge in [0.05, 0.1) is 13.2 Å². The molecule has 1 aliphatic heterocycles. The number of amides is 1. The fourth-order valence-electron chi connectivity index (χ4n) is 2.95. The molecule has 2 aliphatic rings. The molecule has 1 aliphatic carbocycles. The van der Waals surface area contributed by atoms with Crippen LogP contribution in [0.25, 0.3) is 0 Å². The van der Waals surface area contributed by atoms with Crippen molar-refractivity contribution in [3.05, 3.63) is 29.8 Å². The van der Waals surface area contributed by atoms with Crippen LogP contribution in [0.15, 0.2) is 24.3 Å². The number of nitrogens with one attached hydrogen (secondary N) is 1. The smallest absolute Gasteiger partial charge is 0.224 e. The Kier molecular flexibility index (Phi) is 4.24. The normalized spacial score (nSPS) is 21.0. The Labute approximate surface area is 124 Å².